The number of ether oxygens (including phenoxy) is 1. The Balaban J connectivity index is 2.90. The lowest BCUT2D eigenvalue weighted by Gasteiger charge is -2.10. The Hall–Kier alpha value is -2.08. The van der Waals surface area contributed by atoms with Crippen LogP contribution in [0.2, 0.25) is 0 Å². The zero-order valence-corrected chi connectivity index (χ0v) is 10.3. The lowest BCUT2D eigenvalue weighted by atomic mass is 10.1. The Kier molecular flexibility index (Phi) is 5.13. The first-order valence-electron chi connectivity index (χ1n) is 5.50. The van der Waals surface area contributed by atoms with Crippen LogP contribution in [0.4, 0.5) is 5.69 Å². The molecule has 0 unspecified atom stereocenters. The third kappa shape index (κ3) is 3.74. The lowest BCUT2D eigenvalue weighted by molar-refractivity contribution is -0.115. The molecular weight excluding hydrogens is 236 g/mol. The van der Waals surface area contributed by atoms with Crippen molar-refractivity contribution < 1.29 is 19.4 Å². The van der Waals surface area contributed by atoms with Crippen LogP contribution in [0, 0.1) is 0 Å². The first-order valence-corrected chi connectivity index (χ1v) is 5.50. The SMILES string of the molecule is CCNCC(=O)Nc1cc(OC)ccc1C(=O)O. The molecule has 1 amide bonds. The lowest BCUT2D eigenvalue weighted by Crippen LogP contribution is -2.28. The highest BCUT2D eigenvalue weighted by Crippen LogP contribution is 2.22. The summed E-state index contributed by atoms with van der Waals surface area (Å²) in [7, 11) is 1.47. The summed E-state index contributed by atoms with van der Waals surface area (Å²) < 4.78 is 4.99. The van der Waals surface area contributed by atoms with Crippen molar-refractivity contribution in [3.63, 3.8) is 0 Å². The third-order valence-electron chi connectivity index (χ3n) is 2.27. The second-order valence-electron chi connectivity index (χ2n) is 3.55. The van der Waals surface area contributed by atoms with Gasteiger partial charge in [0.2, 0.25) is 5.91 Å². The van der Waals surface area contributed by atoms with Gasteiger partial charge in [-0.2, -0.15) is 0 Å². The van der Waals surface area contributed by atoms with E-state index in [9.17, 15) is 9.59 Å². The number of nitrogens with one attached hydrogen (secondary N) is 2. The Morgan fingerprint density at radius 3 is 2.67 bits per heavy atom. The van der Waals surface area contributed by atoms with Crippen molar-refractivity contribution in [2.24, 2.45) is 0 Å². The molecule has 98 valence electrons. The first-order chi connectivity index (χ1) is 8.58. The van der Waals surface area contributed by atoms with Gasteiger partial charge in [0.15, 0.2) is 0 Å². The zero-order valence-electron chi connectivity index (χ0n) is 10.3. The fourth-order valence-electron chi connectivity index (χ4n) is 1.37. The summed E-state index contributed by atoms with van der Waals surface area (Å²) in [4.78, 5) is 22.5. The van der Waals surface area contributed by atoms with Crippen molar-refractivity contribution in [1.82, 2.24) is 5.32 Å². The predicted octanol–water partition coefficient (Wildman–Crippen LogP) is 0.941. The van der Waals surface area contributed by atoms with Crippen molar-refractivity contribution in [2.75, 3.05) is 25.5 Å². The van der Waals surface area contributed by atoms with E-state index in [1.165, 1.54) is 25.3 Å². The van der Waals surface area contributed by atoms with Crippen molar-refractivity contribution in [3.05, 3.63) is 23.8 Å². The highest BCUT2D eigenvalue weighted by atomic mass is 16.5. The standard InChI is InChI=1S/C12H16N2O4/c1-3-13-7-11(15)14-10-6-8(18-2)4-5-9(10)12(16)17/h4-6,13H,3,7H2,1-2H3,(H,14,15)(H,16,17). The molecule has 1 aromatic rings. The largest absolute Gasteiger partial charge is 0.497 e. The van der Waals surface area contributed by atoms with E-state index in [0.29, 0.717) is 12.3 Å². The molecule has 0 fully saturated rings. The van der Waals surface area contributed by atoms with Crippen molar-refractivity contribution >= 4 is 17.6 Å². The van der Waals surface area contributed by atoms with Crippen molar-refractivity contribution in [2.45, 2.75) is 6.92 Å². The molecule has 0 aliphatic rings. The molecule has 6 heteroatoms. The van der Waals surface area contributed by atoms with Gasteiger partial charge in [-0.1, -0.05) is 6.92 Å². The monoisotopic (exact) mass is 252 g/mol. The molecule has 3 N–H and O–H groups in total. The van der Waals surface area contributed by atoms with Gasteiger partial charge in [-0.15, -0.1) is 0 Å². The molecule has 0 heterocycles. The van der Waals surface area contributed by atoms with Gasteiger partial charge in [0, 0.05) is 6.07 Å². The van der Waals surface area contributed by atoms with Crippen LogP contribution in [0.25, 0.3) is 0 Å². The minimum Gasteiger partial charge on any atom is -0.497 e. The van der Waals surface area contributed by atoms with E-state index in [1.807, 2.05) is 6.92 Å². The summed E-state index contributed by atoms with van der Waals surface area (Å²) in [5, 5.41) is 14.4. The molecule has 0 atom stereocenters. The zero-order chi connectivity index (χ0) is 13.5. The fraction of sp³-hybridized carbons (Fsp3) is 0.333. The van der Waals surface area contributed by atoms with Crippen molar-refractivity contribution in [1.29, 1.82) is 0 Å². The first kappa shape index (κ1) is 14.0. The number of rotatable bonds is 6. The van der Waals surface area contributed by atoms with Gasteiger partial charge in [-0.3, -0.25) is 4.79 Å². The van der Waals surface area contributed by atoms with Crippen LogP contribution >= 0.6 is 0 Å². The summed E-state index contributed by atoms with van der Waals surface area (Å²) in [6.45, 7) is 2.67. The summed E-state index contributed by atoms with van der Waals surface area (Å²) in [5.74, 6) is -0.914. The van der Waals surface area contributed by atoms with Crippen LogP contribution in [-0.4, -0.2) is 37.2 Å². The number of carboxylic acids is 1. The molecule has 0 aromatic heterocycles. The van der Waals surface area contributed by atoms with E-state index < -0.39 is 5.97 Å². The number of methoxy groups -OCH3 is 1. The van der Waals surface area contributed by atoms with Crippen LogP contribution in [0.5, 0.6) is 5.75 Å². The predicted molar refractivity (Wildman–Crippen MR) is 67.1 cm³/mol. The fourth-order valence-corrected chi connectivity index (χ4v) is 1.37. The summed E-state index contributed by atoms with van der Waals surface area (Å²) >= 11 is 0. The average Bonchev–Trinajstić information content (AvgIpc) is 2.35. The second kappa shape index (κ2) is 6.61. The number of benzene rings is 1. The topological polar surface area (TPSA) is 87.7 Å². The van der Waals surface area contributed by atoms with E-state index in [-0.39, 0.29) is 23.7 Å². The summed E-state index contributed by atoms with van der Waals surface area (Å²) in [6.07, 6.45) is 0. The normalized spacial score (nSPS) is 9.89. The van der Waals surface area contributed by atoms with Crippen molar-refractivity contribution in [3.8, 4) is 5.75 Å². The Labute approximate surface area is 105 Å². The summed E-state index contributed by atoms with van der Waals surface area (Å²) in [5.41, 5.74) is 0.255. The Morgan fingerprint density at radius 2 is 2.11 bits per heavy atom. The molecular formula is C12H16N2O4. The second-order valence-corrected chi connectivity index (χ2v) is 3.55. The minimum absolute atomic E-state index is 0.0284. The van der Waals surface area contributed by atoms with Gasteiger partial charge < -0.3 is 20.5 Å². The average molecular weight is 252 g/mol. The number of carboxylic acid groups (broad SMARTS) is 1. The summed E-state index contributed by atoms with van der Waals surface area (Å²) in [6, 6.07) is 4.40. The van der Waals surface area contributed by atoms with Gasteiger partial charge >= 0.3 is 5.97 Å². The number of amides is 1. The molecule has 0 spiro atoms. The Bertz CT molecular complexity index is 446. The van der Waals surface area contributed by atoms with E-state index in [4.69, 9.17) is 9.84 Å². The molecule has 0 radical (unpaired) electrons. The molecule has 18 heavy (non-hydrogen) atoms. The number of carbonyl (C=O) groups is 2. The van der Waals surface area contributed by atoms with Crippen LogP contribution < -0.4 is 15.4 Å². The van der Waals surface area contributed by atoms with Gasteiger partial charge in [-0.25, -0.2) is 4.79 Å². The van der Waals surface area contributed by atoms with Gasteiger partial charge in [0.25, 0.3) is 0 Å². The molecule has 1 aromatic carbocycles. The van der Waals surface area contributed by atoms with Gasteiger partial charge in [0.1, 0.15) is 5.75 Å². The molecule has 0 saturated heterocycles. The van der Waals surface area contributed by atoms with E-state index in [1.54, 1.807) is 0 Å². The molecule has 0 saturated carbocycles. The highest BCUT2D eigenvalue weighted by molar-refractivity contribution is 6.01. The number of anilines is 1. The number of aromatic carboxylic acids is 1. The number of likely N-dealkylation sites (N-methyl/N-ethyl adjacent to an activating group) is 1. The highest BCUT2D eigenvalue weighted by Gasteiger charge is 2.13. The molecule has 0 bridgehead atoms. The van der Waals surface area contributed by atoms with Crippen LogP contribution in [0.1, 0.15) is 17.3 Å². The molecule has 6 nitrogen and oxygen atoms in total. The van der Waals surface area contributed by atoms with E-state index in [0.717, 1.165) is 0 Å². The van der Waals surface area contributed by atoms with Crippen LogP contribution in [0.3, 0.4) is 0 Å². The maximum atomic E-state index is 11.5. The molecule has 0 aliphatic carbocycles. The smallest absolute Gasteiger partial charge is 0.337 e. The van der Waals surface area contributed by atoms with E-state index in [2.05, 4.69) is 10.6 Å². The molecule has 0 aliphatic heterocycles. The number of hydrogen-bond donors (Lipinski definition) is 3. The molecule has 1 rings (SSSR count). The number of carbonyl (C=O) groups excluding carboxylic acids is 1. The minimum atomic E-state index is -1.10. The maximum absolute atomic E-state index is 11.5. The quantitative estimate of drug-likeness (QED) is 0.701. The maximum Gasteiger partial charge on any atom is 0.337 e. The van der Waals surface area contributed by atoms with Crippen LogP contribution in [-0.2, 0) is 4.79 Å². The van der Waals surface area contributed by atoms with E-state index >= 15 is 0 Å². The van der Waals surface area contributed by atoms with Gasteiger partial charge in [0.05, 0.1) is 24.9 Å². The third-order valence-corrected chi connectivity index (χ3v) is 2.27. The Morgan fingerprint density at radius 1 is 1.39 bits per heavy atom. The van der Waals surface area contributed by atoms with Crippen LogP contribution in [0.15, 0.2) is 18.2 Å². The van der Waals surface area contributed by atoms with Gasteiger partial charge in [-0.05, 0) is 18.7 Å². The number of hydrogen-bond acceptors (Lipinski definition) is 4.